The lowest BCUT2D eigenvalue weighted by Crippen LogP contribution is -2.24. The normalized spacial score (nSPS) is 10.9. The van der Waals surface area contributed by atoms with Gasteiger partial charge in [-0.25, -0.2) is 4.98 Å². The molecule has 3 heterocycles. The molecule has 0 fully saturated rings. The summed E-state index contributed by atoms with van der Waals surface area (Å²) >= 11 is 1.44. The summed E-state index contributed by atoms with van der Waals surface area (Å²) in [6.45, 7) is 2.82. The van der Waals surface area contributed by atoms with Crippen molar-refractivity contribution in [3.63, 3.8) is 0 Å². The molecule has 108 valence electrons. The van der Waals surface area contributed by atoms with Gasteiger partial charge in [0, 0.05) is 30.5 Å². The van der Waals surface area contributed by atoms with Gasteiger partial charge >= 0.3 is 0 Å². The van der Waals surface area contributed by atoms with E-state index in [4.69, 9.17) is 0 Å². The van der Waals surface area contributed by atoms with Gasteiger partial charge in [-0.3, -0.25) is 4.79 Å². The third-order valence-electron chi connectivity index (χ3n) is 3.32. The van der Waals surface area contributed by atoms with Gasteiger partial charge in [-0.2, -0.15) is 0 Å². The largest absolute Gasteiger partial charge is 0.351 e. The minimum Gasteiger partial charge on any atom is -0.351 e. The predicted octanol–water partition coefficient (Wildman–Crippen LogP) is 3.62. The van der Waals surface area contributed by atoms with Crippen molar-refractivity contribution in [3.8, 4) is 5.69 Å². The number of hydrogen-bond acceptors (Lipinski definition) is 3. The van der Waals surface area contributed by atoms with Crippen LogP contribution in [0.15, 0.2) is 42.9 Å². The van der Waals surface area contributed by atoms with Gasteiger partial charge in [0.25, 0.3) is 5.91 Å². The number of fused-ring (bicyclic) bond motifs is 1. The Morgan fingerprint density at radius 3 is 2.90 bits per heavy atom. The molecule has 0 saturated heterocycles. The Morgan fingerprint density at radius 1 is 1.33 bits per heavy atom. The van der Waals surface area contributed by atoms with E-state index in [0.29, 0.717) is 6.54 Å². The van der Waals surface area contributed by atoms with Crippen LogP contribution in [0.4, 0.5) is 0 Å². The van der Waals surface area contributed by atoms with Gasteiger partial charge in [0.15, 0.2) is 0 Å². The highest BCUT2D eigenvalue weighted by molar-refractivity contribution is 7.21. The Morgan fingerprint density at radius 2 is 2.14 bits per heavy atom. The van der Waals surface area contributed by atoms with Crippen LogP contribution < -0.4 is 5.32 Å². The molecule has 0 aromatic carbocycles. The van der Waals surface area contributed by atoms with Crippen molar-refractivity contribution in [3.05, 3.63) is 47.7 Å². The molecular weight excluding hydrogens is 282 g/mol. The topological polar surface area (TPSA) is 46.9 Å². The first-order chi connectivity index (χ1) is 10.3. The smallest absolute Gasteiger partial charge is 0.263 e. The van der Waals surface area contributed by atoms with E-state index in [2.05, 4.69) is 17.2 Å². The Kier molecular flexibility index (Phi) is 4.01. The summed E-state index contributed by atoms with van der Waals surface area (Å²) in [5.74, 6) is -0.0184. The first kappa shape index (κ1) is 13.8. The van der Waals surface area contributed by atoms with Crippen LogP contribution in [0.25, 0.3) is 15.9 Å². The van der Waals surface area contributed by atoms with E-state index in [-0.39, 0.29) is 5.91 Å². The van der Waals surface area contributed by atoms with Crippen molar-refractivity contribution >= 4 is 27.5 Å². The van der Waals surface area contributed by atoms with Crippen molar-refractivity contribution < 1.29 is 4.79 Å². The maximum atomic E-state index is 12.5. The van der Waals surface area contributed by atoms with Gasteiger partial charge in [0.05, 0.1) is 5.69 Å². The summed E-state index contributed by atoms with van der Waals surface area (Å²) in [5, 5.41) is 4.01. The van der Waals surface area contributed by atoms with E-state index in [0.717, 1.165) is 33.6 Å². The lowest BCUT2D eigenvalue weighted by Gasteiger charge is -2.07. The maximum absolute atomic E-state index is 12.5. The molecule has 5 heteroatoms. The standard InChI is InChI=1S/C16H17N3OS/c1-2-3-8-17-15(20)14-13(19-10-4-5-11-19)12-7-6-9-18-16(12)21-14/h4-7,9-11H,2-3,8H2,1H3,(H,17,20). The number of carbonyl (C=O) groups is 1. The molecule has 0 unspecified atom stereocenters. The molecule has 3 rings (SSSR count). The number of nitrogens with zero attached hydrogens (tertiary/aromatic N) is 2. The van der Waals surface area contributed by atoms with Crippen LogP contribution in [0.3, 0.4) is 0 Å². The second-order valence-electron chi connectivity index (χ2n) is 4.84. The first-order valence-electron chi connectivity index (χ1n) is 7.10. The highest BCUT2D eigenvalue weighted by Gasteiger charge is 2.19. The fraction of sp³-hybridized carbons (Fsp3) is 0.250. The average molecular weight is 299 g/mol. The van der Waals surface area contributed by atoms with E-state index in [9.17, 15) is 4.79 Å². The number of aromatic nitrogens is 2. The van der Waals surface area contributed by atoms with E-state index in [1.807, 2.05) is 41.2 Å². The second-order valence-corrected chi connectivity index (χ2v) is 5.83. The lowest BCUT2D eigenvalue weighted by molar-refractivity contribution is 0.0957. The molecule has 0 aliphatic carbocycles. The van der Waals surface area contributed by atoms with Crippen molar-refractivity contribution in [2.24, 2.45) is 0 Å². The van der Waals surface area contributed by atoms with Crippen LogP contribution in [0.1, 0.15) is 29.4 Å². The molecular formula is C16H17N3OS. The minimum atomic E-state index is -0.0184. The molecule has 4 nitrogen and oxygen atoms in total. The Hall–Kier alpha value is -2.14. The first-order valence-corrected chi connectivity index (χ1v) is 7.92. The highest BCUT2D eigenvalue weighted by Crippen LogP contribution is 2.32. The van der Waals surface area contributed by atoms with Crippen molar-refractivity contribution in [1.82, 2.24) is 14.9 Å². The summed E-state index contributed by atoms with van der Waals surface area (Å²) in [4.78, 5) is 18.4. The lowest BCUT2D eigenvalue weighted by atomic mass is 10.2. The van der Waals surface area contributed by atoms with E-state index in [1.165, 1.54) is 11.3 Å². The fourth-order valence-corrected chi connectivity index (χ4v) is 3.33. The van der Waals surface area contributed by atoms with Crippen LogP contribution in [0.2, 0.25) is 0 Å². The van der Waals surface area contributed by atoms with E-state index in [1.54, 1.807) is 6.20 Å². The number of rotatable bonds is 5. The van der Waals surface area contributed by atoms with Crippen molar-refractivity contribution in [2.75, 3.05) is 6.54 Å². The fourth-order valence-electron chi connectivity index (χ4n) is 2.27. The third-order valence-corrected chi connectivity index (χ3v) is 4.43. The molecule has 0 aliphatic heterocycles. The molecule has 1 N–H and O–H groups in total. The van der Waals surface area contributed by atoms with Crippen molar-refractivity contribution in [1.29, 1.82) is 0 Å². The van der Waals surface area contributed by atoms with E-state index < -0.39 is 0 Å². The summed E-state index contributed by atoms with van der Waals surface area (Å²) in [6.07, 6.45) is 7.73. The molecule has 0 bridgehead atoms. The SMILES string of the molecule is CCCCNC(=O)c1sc2ncccc2c1-n1cccc1. The van der Waals surface area contributed by atoms with E-state index >= 15 is 0 Å². The molecule has 0 atom stereocenters. The summed E-state index contributed by atoms with van der Waals surface area (Å²) in [7, 11) is 0. The number of amides is 1. The summed E-state index contributed by atoms with van der Waals surface area (Å²) in [5.41, 5.74) is 0.919. The predicted molar refractivity (Wildman–Crippen MR) is 86.2 cm³/mol. The Balaban J connectivity index is 2.05. The maximum Gasteiger partial charge on any atom is 0.263 e. The average Bonchev–Trinajstić information content (AvgIpc) is 3.14. The molecule has 1 amide bonds. The third kappa shape index (κ3) is 2.69. The number of unbranched alkanes of at least 4 members (excludes halogenated alkanes) is 1. The zero-order valence-corrected chi connectivity index (χ0v) is 12.7. The zero-order chi connectivity index (χ0) is 14.7. The Labute approximate surface area is 127 Å². The number of pyridine rings is 1. The van der Waals surface area contributed by atoms with Gasteiger partial charge in [-0.15, -0.1) is 11.3 Å². The minimum absolute atomic E-state index is 0.0184. The molecule has 21 heavy (non-hydrogen) atoms. The second kappa shape index (κ2) is 6.10. The zero-order valence-electron chi connectivity index (χ0n) is 11.9. The number of carbonyl (C=O) groups excluding carboxylic acids is 1. The number of nitrogens with one attached hydrogen (secondary N) is 1. The quantitative estimate of drug-likeness (QED) is 0.731. The van der Waals surface area contributed by atoms with Gasteiger partial charge in [-0.05, 0) is 30.7 Å². The van der Waals surface area contributed by atoms with Gasteiger partial charge in [0.1, 0.15) is 9.71 Å². The van der Waals surface area contributed by atoms with Crippen LogP contribution in [-0.2, 0) is 0 Å². The molecule has 0 aliphatic rings. The highest BCUT2D eigenvalue weighted by atomic mass is 32.1. The number of thiophene rings is 1. The number of hydrogen-bond donors (Lipinski definition) is 1. The summed E-state index contributed by atoms with van der Waals surface area (Å²) < 4.78 is 1.98. The van der Waals surface area contributed by atoms with Gasteiger partial charge in [0.2, 0.25) is 0 Å². The van der Waals surface area contributed by atoms with Crippen LogP contribution >= 0.6 is 11.3 Å². The summed E-state index contributed by atoms with van der Waals surface area (Å²) in [6, 6.07) is 7.83. The molecule has 3 aromatic rings. The van der Waals surface area contributed by atoms with Gasteiger partial charge in [-0.1, -0.05) is 13.3 Å². The molecule has 3 aromatic heterocycles. The Bertz CT molecular complexity index is 746. The van der Waals surface area contributed by atoms with Crippen LogP contribution in [0, 0.1) is 0 Å². The molecule has 0 radical (unpaired) electrons. The van der Waals surface area contributed by atoms with Gasteiger partial charge < -0.3 is 9.88 Å². The van der Waals surface area contributed by atoms with Crippen LogP contribution in [0.5, 0.6) is 0 Å². The van der Waals surface area contributed by atoms with Crippen molar-refractivity contribution in [2.45, 2.75) is 19.8 Å². The van der Waals surface area contributed by atoms with Crippen LogP contribution in [-0.4, -0.2) is 22.0 Å². The molecule has 0 saturated carbocycles. The monoisotopic (exact) mass is 299 g/mol. The molecule has 0 spiro atoms.